The lowest BCUT2D eigenvalue weighted by molar-refractivity contribution is -0.113. The first kappa shape index (κ1) is 25.9. The van der Waals surface area contributed by atoms with Crippen molar-refractivity contribution in [1.29, 1.82) is 0 Å². The van der Waals surface area contributed by atoms with Crippen LogP contribution < -0.4 is 24.3 Å². The SMILES string of the molecule is COc1ccc(OC)c(NC(=O)CSc2nnc(-c3ccc(C)cc3)n2-c2cc(OC)ccc2OC)c1. The van der Waals surface area contributed by atoms with Crippen LogP contribution in [0.5, 0.6) is 23.0 Å². The Morgan fingerprint density at radius 3 is 2.14 bits per heavy atom. The molecule has 1 aromatic heterocycles. The van der Waals surface area contributed by atoms with Gasteiger partial charge in [0.05, 0.1) is 45.6 Å². The van der Waals surface area contributed by atoms with Gasteiger partial charge in [0, 0.05) is 17.7 Å². The monoisotopic (exact) mass is 520 g/mol. The van der Waals surface area contributed by atoms with E-state index in [1.54, 1.807) is 46.6 Å². The predicted octanol–water partition coefficient (Wildman–Crippen LogP) is 5.01. The summed E-state index contributed by atoms with van der Waals surface area (Å²) in [5.41, 5.74) is 3.22. The molecule has 1 N–H and O–H groups in total. The number of ether oxygens (including phenoxy) is 4. The van der Waals surface area contributed by atoms with Gasteiger partial charge in [0.2, 0.25) is 5.91 Å². The molecule has 0 atom stereocenters. The molecule has 192 valence electrons. The number of methoxy groups -OCH3 is 4. The number of benzene rings is 3. The number of hydrogen-bond donors (Lipinski definition) is 1. The summed E-state index contributed by atoms with van der Waals surface area (Å²) in [4.78, 5) is 12.9. The van der Waals surface area contributed by atoms with Crippen molar-refractivity contribution >= 4 is 23.4 Å². The second-order valence-corrected chi connectivity index (χ2v) is 8.89. The van der Waals surface area contributed by atoms with Crippen molar-refractivity contribution in [2.75, 3.05) is 39.5 Å². The van der Waals surface area contributed by atoms with E-state index in [9.17, 15) is 4.79 Å². The number of nitrogens with zero attached hydrogens (tertiary/aromatic N) is 3. The van der Waals surface area contributed by atoms with Crippen molar-refractivity contribution in [1.82, 2.24) is 14.8 Å². The maximum absolute atomic E-state index is 12.9. The highest BCUT2D eigenvalue weighted by Gasteiger charge is 2.21. The van der Waals surface area contributed by atoms with E-state index in [4.69, 9.17) is 18.9 Å². The van der Waals surface area contributed by atoms with Crippen LogP contribution in [-0.2, 0) is 4.79 Å². The Kier molecular flexibility index (Phi) is 8.19. The van der Waals surface area contributed by atoms with Gasteiger partial charge in [-0.25, -0.2) is 0 Å². The van der Waals surface area contributed by atoms with Crippen molar-refractivity contribution < 1.29 is 23.7 Å². The van der Waals surface area contributed by atoms with Crippen LogP contribution in [0, 0.1) is 6.92 Å². The molecule has 0 saturated carbocycles. The first-order chi connectivity index (χ1) is 18.0. The van der Waals surface area contributed by atoms with Gasteiger partial charge in [-0.1, -0.05) is 41.6 Å². The van der Waals surface area contributed by atoms with Crippen LogP contribution in [0.2, 0.25) is 0 Å². The molecule has 0 saturated heterocycles. The van der Waals surface area contributed by atoms with Gasteiger partial charge >= 0.3 is 0 Å². The van der Waals surface area contributed by atoms with Crippen molar-refractivity contribution in [3.63, 3.8) is 0 Å². The molecule has 0 spiro atoms. The van der Waals surface area contributed by atoms with Crippen molar-refractivity contribution in [2.45, 2.75) is 12.1 Å². The van der Waals surface area contributed by atoms with E-state index in [-0.39, 0.29) is 11.7 Å². The predicted molar refractivity (Wildman–Crippen MR) is 144 cm³/mol. The molecule has 0 aliphatic rings. The zero-order valence-electron chi connectivity index (χ0n) is 21.3. The van der Waals surface area contributed by atoms with E-state index in [1.807, 2.05) is 54.0 Å². The molecule has 0 aliphatic heterocycles. The Balaban J connectivity index is 1.67. The van der Waals surface area contributed by atoms with Gasteiger partial charge in [-0.3, -0.25) is 9.36 Å². The minimum atomic E-state index is -0.236. The third kappa shape index (κ3) is 5.80. The molecular formula is C27H28N4O5S. The number of anilines is 1. The molecule has 9 nitrogen and oxygen atoms in total. The lowest BCUT2D eigenvalue weighted by Crippen LogP contribution is -2.15. The molecule has 4 aromatic rings. The van der Waals surface area contributed by atoms with E-state index >= 15 is 0 Å². The van der Waals surface area contributed by atoms with Gasteiger partial charge < -0.3 is 24.3 Å². The van der Waals surface area contributed by atoms with E-state index in [0.717, 1.165) is 11.1 Å². The molecule has 10 heteroatoms. The first-order valence-electron chi connectivity index (χ1n) is 11.4. The average molecular weight is 521 g/mol. The highest BCUT2D eigenvalue weighted by atomic mass is 32.2. The minimum Gasteiger partial charge on any atom is -0.497 e. The fourth-order valence-electron chi connectivity index (χ4n) is 3.67. The lowest BCUT2D eigenvalue weighted by atomic mass is 10.1. The lowest BCUT2D eigenvalue weighted by Gasteiger charge is -2.15. The number of aryl methyl sites for hydroxylation is 1. The van der Waals surface area contributed by atoms with Crippen molar-refractivity contribution in [2.24, 2.45) is 0 Å². The van der Waals surface area contributed by atoms with Crippen molar-refractivity contribution in [3.8, 4) is 40.1 Å². The van der Waals surface area contributed by atoms with E-state index in [0.29, 0.717) is 45.4 Å². The Morgan fingerprint density at radius 2 is 1.49 bits per heavy atom. The number of carbonyl (C=O) groups excluding carboxylic acids is 1. The van der Waals surface area contributed by atoms with Gasteiger partial charge in [-0.15, -0.1) is 10.2 Å². The fraction of sp³-hybridized carbons (Fsp3) is 0.222. The Hall–Kier alpha value is -4.18. The molecule has 0 unspecified atom stereocenters. The molecule has 0 aliphatic carbocycles. The number of rotatable bonds is 10. The van der Waals surface area contributed by atoms with Gasteiger partial charge in [0.15, 0.2) is 11.0 Å². The normalized spacial score (nSPS) is 10.6. The number of aromatic nitrogens is 3. The smallest absolute Gasteiger partial charge is 0.234 e. The molecule has 0 bridgehead atoms. The molecule has 0 radical (unpaired) electrons. The average Bonchev–Trinajstić information content (AvgIpc) is 3.35. The summed E-state index contributed by atoms with van der Waals surface area (Å²) >= 11 is 1.25. The quantitative estimate of drug-likeness (QED) is 0.292. The highest BCUT2D eigenvalue weighted by Crippen LogP contribution is 2.35. The van der Waals surface area contributed by atoms with Gasteiger partial charge in [-0.2, -0.15) is 0 Å². The summed E-state index contributed by atoms with van der Waals surface area (Å²) in [6.45, 7) is 2.02. The Labute approximate surface area is 219 Å². The molecule has 0 fully saturated rings. The van der Waals surface area contributed by atoms with Crippen LogP contribution >= 0.6 is 11.8 Å². The third-order valence-electron chi connectivity index (χ3n) is 5.58. The van der Waals surface area contributed by atoms with Crippen LogP contribution in [-0.4, -0.2) is 54.9 Å². The maximum atomic E-state index is 12.9. The molecular weight excluding hydrogens is 492 g/mol. The van der Waals surface area contributed by atoms with E-state index in [2.05, 4.69) is 15.5 Å². The molecule has 1 amide bonds. The second kappa shape index (κ2) is 11.7. The van der Waals surface area contributed by atoms with Crippen LogP contribution in [0.1, 0.15) is 5.56 Å². The molecule has 1 heterocycles. The van der Waals surface area contributed by atoms with Crippen LogP contribution in [0.3, 0.4) is 0 Å². The number of hydrogen-bond acceptors (Lipinski definition) is 8. The fourth-order valence-corrected chi connectivity index (χ4v) is 4.41. The number of nitrogens with one attached hydrogen (secondary N) is 1. The van der Waals surface area contributed by atoms with Crippen LogP contribution in [0.25, 0.3) is 17.1 Å². The molecule has 37 heavy (non-hydrogen) atoms. The molecule has 4 rings (SSSR count). The largest absolute Gasteiger partial charge is 0.497 e. The number of amides is 1. The van der Waals surface area contributed by atoms with Gasteiger partial charge in [-0.05, 0) is 31.2 Å². The zero-order chi connectivity index (χ0) is 26.4. The topological polar surface area (TPSA) is 96.7 Å². The minimum absolute atomic E-state index is 0.0820. The summed E-state index contributed by atoms with van der Waals surface area (Å²) < 4.78 is 23.6. The first-order valence-corrected chi connectivity index (χ1v) is 12.4. The maximum Gasteiger partial charge on any atom is 0.234 e. The van der Waals surface area contributed by atoms with Gasteiger partial charge in [0.1, 0.15) is 23.0 Å². The van der Waals surface area contributed by atoms with Crippen LogP contribution in [0.4, 0.5) is 5.69 Å². The second-order valence-electron chi connectivity index (χ2n) is 7.95. The third-order valence-corrected chi connectivity index (χ3v) is 6.51. The van der Waals surface area contributed by atoms with Crippen LogP contribution in [0.15, 0.2) is 65.8 Å². The van der Waals surface area contributed by atoms with Gasteiger partial charge in [0.25, 0.3) is 0 Å². The number of carbonyl (C=O) groups is 1. The van der Waals surface area contributed by atoms with Crippen molar-refractivity contribution in [3.05, 3.63) is 66.2 Å². The summed E-state index contributed by atoms with van der Waals surface area (Å²) in [5, 5.41) is 12.3. The van der Waals surface area contributed by atoms with E-state index in [1.165, 1.54) is 11.8 Å². The van der Waals surface area contributed by atoms with E-state index < -0.39 is 0 Å². The molecule has 3 aromatic carbocycles. The highest BCUT2D eigenvalue weighted by molar-refractivity contribution is 7.99. The Morgan fingerprint density at radius 1 is 0.838 bits per heavy atom. The summed E-state index contributed by atoms with van der Waals surface area (Å²) in [7, 11) is 6.31. The zero-order valence-corrected chi connectivity index (χ0v) is 22.1. The number of thioether (sulfide) groups is 1. The summed E-state index contributed by atoms with van der Waals surface area (Å²) in [6.07, 6.45) is 0. The standard InChI is InChI=1S/C27H28N4O5S/c1-17-6-8-18(9-7-17)26-29-30-27(31(26)22-15-20(34-3)11-13-24(22)36-5)37-16-25(32)28-21-14-19(33-2)10-12-23(21)35-4/h6-15H,16H2,1-5H3,(H,28,32). The Bertz CT molecular complexity index is 1390. The summed E-state index contributed by atoms with van der Waals surface area (Å²) in [6, 6.07) is 18.7. The summed E-state index contributed by atoms with van der Waals surface area (Å²) in [5.74, 6) is 2.86.